The fourth-order valence-electron chi connectivity index (χ4n) is 2.30. The van der Waals surface area contributed by atoms with Gasteiger partial charge >= 0.3 is 0 Å². The summed E-state index contributed by atoms with van der Waals surface area (Å²) in [7, 11) is 0. The van der Waals surface area contributed by atoms with Gasteiger partial charge in [-0.15, -0.1) is 12.4 Å². The second-order valence-electron chi connectivity index (χ2n) is 4.59. The molecule has 0 aromatic carbocycles. The molecule has 0 spiro atoms. The zero-order valence-corrected chi connectivity index (χ0v) is 10.6. The second-order valence-corrected chi connectivity index (χ2v) is 4.59. The number of amides is 2. The summed E-state index contributed by atoms with van der Waals surface area (Å²) in [5, 5.41) is 9.02. The van der Waals surface area contributed by atoms with E-state index >= 15 is 0 Å². The lowest BCUT2D eigenvalue weighted by Gasteiger charge is -2.27. The van der Waals surface area contributed by atoms with E-state index in [0.717, 1.165) is 32.4 Å². The van der Waals surface area contributed by atoms with E-state index in [1.165, 1.54) is 0 Å². The Balaban J connectivity index is 0.00000144. The summed E-state index contributed by atoms with van der Waals surface area (Å²) in [5.74, 6) is -0.0904. The molecule has 3 N–H and O–H groups in total. The zero-order valence-electron chi connectivity index (χ0n) is 9.83. The average molecular weight is 262 g/mol. The van der Waals surface area contributed by atoms with Crippen LogP contribution in [0, 0.1) is 5.92 Å². The molecule has 0 saturated carbocycles. The van der Waals surface area contributed by atoms with Gasteiger partial charge in [0.2, 0.25) is 11.8 Å². The summed E-state index contributed by atoms with van der Waals surface area (Å²) in [6.45, 7) is 2.52. The van der Waals surface area contributed by atoms with Crippen molar-refractivity contribution in [2.24, 2.45) is 5.92 Å². The van der Waals surface area contributed by atoms with Crippen LogP contribution in [0.3, 0.4) is 0 Å². The highest BCUT2D eigenvalue weighted by molar-refractivity contribution is 5.87. The van der Waals surface area contributed by atoms with Crippen LogP contribution >= 0.6 is 12.4 Å². The van der Waals surface area contributed by atoms with Gasteiger partial charge in [0.25, 0.3) is 0 Å². The Hall–Kier alpha value is -0.810. The Morgan fingerprint density at radius 1 is 1.29 bits per heavy atom. The molecule has 2 heterocycles. The van der Waals surface area contributed by atoms with Gasteiger partial charge in [0.05, 0.1) is 0 Å². The summed E-state index contributed by atoms with van der Waals surface area (Å²) in [6.07, 6.45) is 3.25. The van der Waals surface area contributed by atoms with Crippen LogP contribution in [0.2, 0.25) is 0 Å². The zero-order chi connectivity index (χ0) is 11.4. The van der Waals surface area contributed by atoms with Gasteiger partial charge in [0.1, 0.15) is 0 Å². The van der Waals surface area contributed by atoms with Gasteiger partial charge in [-0.3, -0.25) is 9.59 Å². The van der Waals surface area contributed by atoms with Crippen LogP contribution in [0.15, 0.2) is 0 Å². The smallest absolute Gasteiger partial charge is 0.223 e. The predicted molar refractivity (Wildman–Crippen MR) is 67.0 cm³/mol. The van der Waals surface area contributed by atoms with Gasteiger partial charge in [-0.25, -0.2) is 0 Å². The molecule has 6 heteroatoms. The van der Waals surface area contributed by atoms with Gasteiger partial charge in [0.15, 0.2) is 0 Å². The first kappa shape index (κ1) is 14.3. The first-order chi connectivity index (χ1) is 7.75. The van der Waals surface area contributed by atoms with Crippen molar-refractivity contribution in [3.05, 3.63) is 0 Å². The number of carbonyl (C=O) groups excluding carboxylic acids is 2. The van der Waals surface area contributed by atoms with E-state index in [1.807, 2.05) is 0 Å². The minimum Gasteiger partial charge on any atom is -0.356 e. The van der Waals surface area contributed by atoms with E-state index in [1.54, 1.807) is 0 Å². The lowest BCUT2D eigenvalue weighted by Crippen LogP contribution is -2.49. The molecule has 0 aliphatic carbocycles. The van der Waals surface area contributed by atoms with Crippen LogP contribution < -0.4 is 16.0 Å². The molecule has 98 valence electrons. The van der Waals surface area contributed by atoms with Crippen molar-refractivity contribution in [2.45, 2.75) is 31.7 Å². The average Bonchev–Trinajstić information content (AvgIpc) is 2.30. The first-order valence-corrected chi connectivity index (χ1v) is 6.03. The number of carbonyl (C=O) groups is 2. The third-order valence-corrected chi connectivity index (χ3v) is 3.26. The molecule has 2 aliphatic heterocycles. The van der Waals surface area contributed by atoms with Crippen LogP contribution in [0.5, 0.6) is 0 Å². The number of hydrogen-bond acceptors (Lipinski definition) is 3. The van der Waals surface area contributed by atoms with E-state index in [-0.39, 0.29) is 36.2 Å². The van der Waals surface area contributed by atoms with Crippen LogP contribution in [0.25, 0.3) is 0 Å². The topological polar surface area (TPSA) is 70.2 Å². The molecule has 0 radical (unpaired) electrons. The summed E-state index contributed by atoms with van der Waals surface area (Å²) in [6, 6.07) is 0.242. The van der Waals surface area contributed by atoms with Gasteiger partial charge in [-0.1, -0.05) is 0 Å². The van der Waals surface area contributed by atoms with Crippen molar-refractivity contribution in [3.63, 3.8) is 0 Å². The van der Waals surface area contributed by atoms with Crippen molar-refractivity contribution in [2.75, 3.05) is 19.6 Å². The van der Waals surface area contributed by atoms with E-state index in [9.17, 15) is 9.59 Å². The molecule has 2 rings (SSSR count). The van der Waals surface area contributed by atoms with Gasteiger partial charge in [0, 0.05) is 31.5 Å². The number of piperidine rings is 2. The second kappa shape index (κ2) is 6.81. The van der Waals surface area contributed by atoms with Crippen LogP contribution in [-0.2, 0) is 9.59 Å². The maximum absolute atomic E-state index is 11.9. The molecule has 0 bridgehead atoms. The molecular formula is C11H20ClN3O2. The van der Waals surface area contributed by atoms with E-state index in [0.29, 0.717) is 13.0 Å². The molecule has 0 aromatic rings. The lowest BCUT2D eigenvalue weighted by atomic mass is 9.96. The Labute approximate surface area is 108 Å². The van der Waals surface area contributed by atoms with Crippen molar-refractivity contribution >= 4 is 24.2 Å². The summed E-state index contributed by atoms with van der Waals surface area (Å²) in [4.78, 5) is 23.1. The molecule has 1 unspecified atom stereocenters. The normalized spacial score (nSPS) is 28.8. The van der Waals surface area contributed by atoms with E-state index in [4.69, 9.17) is 0 Å². The third-order valence-electron chi connectivity index (χ3n) is 3.26. The minimum absolute atomic E-state index is 0. The lowest BCUT2D eigenvalue weighted by molar-refractivity contribution is -0.132. The Bertz CT molecular complexity index is 280. The summed E-state index contributed by atoms with van der Waals surface area (Å²) >= 11 is 0. The monoisotopic (exact) mass is 261 g/mol. The van der Waals surface area contributed by atoms with Crippen molar-refractivity contribution in [1.29, 1.82) is 0 Å². The number of hydrogen-bond donors (Lipinski definition) is 3. The Morgan fingerprint density at radius 3 is 2.76 bits per heavy atom. The molecule has 5 nitrogen and oxygen atoms in total. The van der Waals surface area contributed by atoms with E-state index in [2.05, 4.69) is 16.0 Å². The molecule has 0 aromatic heterocycles. The first-order valence-electron chi connectivity index (χ1n) is 6.03. The van der Waals surface area contributed by atoms with E-state index < -0.39 is 0 Å². The maximum Gasteiger partial charge on any atom is 0.223 e. The highest BCUT2D eigenvalue weighted by atomic mass is 35.5. The summed E-state index contributed by atoms with van der Waals surface area (Å²) < 4.78 is 0. The van der Waals surface area contributed by atoms with Crippen molar-refractivity contribution in [1.82, 2.24) is 16.0 Å². The highest BCUT2D eigenvalue weighted by Gasteiger charge is 2.27. The molecule has 2 fully saturated rings. The quantitative estimate of drug-likeness (QED) is 0.645. The largest absolute Gasteiger partial charge is 0.356 e. The van der Waals surface area contributed by atoms with Crippen LogP contribution in [0.1, 0.15) is 25.7 Å². The number of rotatable bonds is 2. The Kier molecular flexibility index (Phi) is 5.71. The van der Waals surface area contributed by atoms with Gasteiger partial charge in [-0.05, 0) is 25.8 Å². The molecular weight excluding hydrogens is 242 g/mol. The van der Waals surface area contributed by atoms with Crippen molar-refractivity contribution in [3.8, 4) is 0 Å². The maximum atomic E-state index is 11.9. The minimum atomic E-state index is -0.129. The third kappa shape index (κ3) is 4.16. The predicted octanol–water partition coefficient (Wildman–Crippen LogP) is -0.197. The van der Waals surface area contributed by atoms with Gasteiger partial charge < -0.3 is 16.0 Å². The summed E-state index contributed by atoms with van der Waals surface area (Å²) in [5.41, 5.74) is 0. The molecule has 2 saturated heterocycles. The Morgan fingerprint density at radius 2 is 2.12 bits per heavy atom. The standard InChI is InChI=1S/C11H19N3O2.ClH/c15-10-6-8(3-5-13-10)11(16)14-9-2-1-4-12-7-9;/h8-9,12H,1-7H2,(H,13,15)(H,14,16);1H/t8?,9-;/m0./s1. The fourth-order valence-corrected chi connectivity index (χ4v) is 2.30. The molecule has 2 aliphatic rings. The van der Waals surface area contributed by atoms with Crippen LogP contribution in [0.4, 0.5) is 0 Å². The fraction of sp³-hybridized carbons (Fsp3) is 0.818. The molecule has 17 heavy (non-hydrogen) atoms. The highest BCUT2D eigenvalue weighted by Crippen LogP contribution is 2.13. The van der Waals surface area contributed by atoms with Gasteiger partial charge in [-0.2, -0.15) is 0 Å². The van der Waals surface area contributed by atoms with Crippen LogP contribution in [-0.4, -0.2) is 37.5 Å². The molecule has 2 amide bonds. The number of nitrogens with one attached hydrogen (secondary N) is 3. The SMILES string of the molecule is Cl.O=C1CC(C(=O)N[C@H]2CCCNC2)CCN1. The van der Waals surface area contributed by atoms with Crippen molar-refractivity contribution < 1.29 is 9.59 Å². The molecule has 2 atom stereocenters. The number of halogens is 1.